The predicted molar refractivity (Wildman–Crippen MR) is 102 cm³/mol. The number of fused-ring (bicyclic) bond motifs is 1. The van der Waals surface area contributed by atoms with Crippen LogP contribution in [0.1, 0.15) is 30.1 Å². The van der Waals surface area contributed by atoms with Gasteiger partial charge in [-0.3, -0.25) is 9.59 Å². The van der Waals surface area contributed by atoms with Crippen molar-refractivity contribution < 1.29 is 9.59 Å². The second-order valence-corrected chi connectivity index (χ2v) is 5.95. The van der Waals surface area contributed by atoms with Gasteiger partial charge in [-0.25, -0.2) is 9.97 Å². The lowest BCUT2D eigenvalue weighted by Gasteiger charge is -2.09. The van der Waals surface area contributed by atoms with Crippen LogP contribution in [0, 0.1) is 0 Å². The topological polar surface area (TPSA) is 84.0 Å². The molecule has 132 valence electrons. The summed E-state index contributed by atoms with van der Waals surface area (Å²) in [5.41, 5.74) is 2.20. The van der Waals surface area contributed by atoms with Crippen LogP contribution in [0.3, 0.4) is 0 Å². The minimum atomic E-state index is -0.0603. The molecule has 2 aromatic carbocycles. The Hall–Kier alpha value is -3.28. The van der Waals surface area contributed by atoms with E-state index in [1.807, 2.05) is 24.3 Å². The minimum absolute atomic E-state index is 0.00574. The molecule has 1 heterocycles. The van der Waals surface area contributed by atoms with Crippen molar-refractivity contribution in [1.29, 1.82) is 0 Å². The molecule has 0 aliphatic carbocycles. The Morgan fingerprint density at radius 2 is 1.77 bits per heavy atom. The van der Waals surface area contributed by atoms with Gasteiger partial charge in [-0.05, 0) is 49.7 Å². The number of ketones is 1. The summed E-state index contributed by atoms with van der Waals surface area (Å²) in [6, 6.07) is 14.7. The Bertz CT molecular complexity index is 917. The van der Waals surface area contributed by atoms with E-state index in [1.165, 1.54) is 13.3 Å². The van der Waals surface area contributed by atoms with Crippen LogP contribution in [-0.2, 0) is 4.79 Å². The van der Waals surface area contributed by atoms with Gasteiger partial charge in [-0.2, -0.15) is 0 Å². The number of carbonyl (C=O) groups is 2. The molecule has 0 spiro atoms. The lowest BCUT2D eigenvalue weighted by Crippen LogP contribution is -2.14. The number of para-hydroxylation sites is 1. The summed E-state index contributed by atoms with van der Waals surface area (Å²) in [6.07, 6.45) is 2.60. The summed E-state index contributed by atoms with van der Waals surface area (Å²) in [6.45, 7) is 2.15. The van der Waals surface area contributed by atoms with E-state index in [2.05, 4.69) is 20.6 Å². The van der Waals surface area contributed by atoms with E-state index in [0.29, 0.717) is 30.6 Å². The van der Waals surface area contributed by atoms with E-state index in [4.69, 9.17) is 0 Å². The highest BCUT2D eigenvalue weighted by Gasteiger charge is 2.05. The SMILES string of the molecule is CC(=O)c1ccc(NC(=O)CCCNc2ncnc3ccccc23)cc1. The normalized spacial score (nSPS) is 10.5. The second-order valence-electron chi connectivity index (χ2n) is 5.95. The summed E-state index contributed by atoms with van der Waals surface area (Å²) >= 11 is 0. The number of nitrogens with one attached hydrogen (secondary N) is 2. The third-order valence-corrected chi connectivity index (χ3v) is 3.99. The number of nitrogens with zero attached hydrogens (tertiary/aromatic N) is 2. The molecule has 3 rings (SSSR count). The molecule has 0 aliphatic heterocycles. The fraction of sp³-hybridized carbons (Fsp3) is 0.200. The Labute approximate surface area is 151 Å². The molecule has 26 heavy (non-hydrogen) atoms. The van der Waals surface area contributed by atoms with Gasteiger partial charge in [0.1, 0.15) is 12.1 Å². The third-order valence-electron chi connectivity index (χ3n) is 3.99. The van der Waals surface area contributed by atoms with Crippen molar-refractivity contribution in [2.24, 2.45) is 0 Å². The van der Waals surface area contributed by atoms with Gasteiger partial charge in [0, 0.05) is 29.6 Å². The maximum Gasteiger partial charge on any atom is 0.224 e. The van der Waals surface area contributed by atoms with Gasteiger partial charge in [0.25, 0.3) is 0 Å². The van der Waals surface area contributed by atoms with E-state index >= 15 is 0 Å². The maximum atomic E-state index is 12.0. The maximum absolute atomic E-state index is 12.0. The Kier molecular flexibility index (Phi) is 5.53. The van der Waals surface area contributed by atoms with Crippen molar-refractivity contribution in [3.8, 4) is 0 Å². The molecule has 0 saturated carbocycles. The first-order valence-corrected chi connectivity index (χ1v) is 8.48. The standard InChI is InChI=1S/C20H20N4O2/c1-14(25)15-8-10-16(11-9-15)24-19(26)7-4-12-21-20-17-5-2-3-6-18(17)22-13-23-20/h2-3,5-6,8-11,13H,4,7,12H2,1H3,(H,24,26)(H,21,22,23). The quantitative estimate of drug-likeness (QED) is 0.503. The van der Waals surface area contributed by atoms with Gasteiger partial charge in [0.2, 0.25) is 5.91 Å². The summed E-state index contributed by atoms with van der Waals surface area (Å²) < 4.78 is 0. The molecule has 0 aliphatic rings. The minimum Gasteiger partial charge on any atom is -0.369 e. The zero-order valence-corrected chi connectivity index (χ0v) is 14.5. The zero-order valence-electron chi connectivity index (χ0n) is 14.5. The summed E-state index contributed by atoms with van der Waals surface area (Å²) in [5.74, 6) is 0.719. The summed E-state index contributed by atoms with van der Waals surface area (Å²) in [4.78, 5) is 31.8. The average molecular weight is 348 g/mol. The molecule has 1 amide bonds. The van der Waals surface area contributed by atoms with E-state index < -0.39 is 0 Å². The van der Waals surface area contributed by atoms with Gasteiger partial charge in [0.05, 0.1) is 5.52 Å². The van der Waals surface area contributed by atoms with Crippen molar-refractivity contribution >= 4 is 34.1 Å². The molecule has 0 unspecified atom stereocenters. The van der Waals surface area contributed by atoms with Crippen molar-refractivity contribution in [2.45, 2.75) is 19.8 Å². The van der Waals surface area contributed by atoms with E-state index in [-0.39, 0.29) is 11.7 Å². The van der Waals surface area contributed by atoms with E-state index in [0.717, 1.165) is 16.7 Å². The molecule has 6 nitrogen and oxygen atoms in total. The molecule has 0 atom stereocenters. The summed E-state index contributed by atoms with van der Waals surface area (Å²) in [5, 5.41) is 7.05. The van der Waals surface area contributed by atoms with Crippen LogP contribution in [0.5, 0.6) is 0 Å². The van der Waals surface area contributed by atoms with Gasteiger partial charge in [-0.1, -0.05) is 12.1 Å². The largest absolute Gasteiger partial charge is 0.369 e. The molecule has 0 radical (unpaired) electrons. The fourth-order valence-corrected chi connectivity index (χ4v) is 2.61. The van der Waals surface area contributed by atoms with Crippen LogP contribution in [0.15, 0.2) is 54.9 Å². The highest BCUT2D eigenvalue weighted by Crippen LogP contribution is 2.18. The average Bonchev–Trinajstić information content (AvgIpc) is 2.66. The number of hydrogen-bond acceptors (Lipinski definition) is 5. The van der Waals surface area contributed by atoms with Gasteiger partial charge >= 0.3 is 0 Å². The number of anilines is 2. The molecular formula is C20H20N4O2. The number of Topliss-reactive ketones (excluding diaryl/α,β-unsaturated/α-hetero) is 1. The second kappa shape index (κ2) is 8.20. The van der Waals surface area contributed by atoms with Crippen LogP contribution in [0.25, 0.3) is 10.9 Å². The number of amides is 1. The first-order chi connectivity index (χ1) is 12.6. The summed E-state index contributed by atoms with van der Waals surface area (Å²) in [7, 11) is 0. The third kappa shape index (κ3) is 4.42. The van der Waals surface area contributed by atoms with Crippen LogP contribution < -0.4 is 10.6 Å². The van der Waals surface area contributed by atoms with Crippen LogP contribution in [-0.4, -0.2) is 28.2 Å². The zero-order chi connectivity index (χ0) is 18.4. The molecule has 0 bridgehead atoms. The van der Waals surface area contributed by atoms with Crippen molar-refractivity contribution in [2.75, 3.05) is 17.2 Å². The van der Waals surface area contributed by atoms with Gasteiger partial charge < -0.3 is 10.6 Å². The van der Waals surface area contributed by atoms with Crippen LogP contribution >= 0.6 is 0 Å². The first kappa shape index (κ1) is 17.5. The van der Waals surface area contributed by atoms with Crippen LogP contribution in [0.4, 0.5) is 11.5 Å². The Balaban J connectivity index is 1.47. The fourth-order valence-electron chi connectivity index (χ4n) is 2.61. The van der Waals surface area contributed by atoms with Crippen molar-refractivity contribution in [3.05, 3.63) is 60.4 Å². The Morgan fingerprint density at radius 1 is 1.00 bits per heavy atom. The van der Waals surface area contributed by atoms with Gasteiger partial charge in [0.15, 0.2) is 5.78 Å². The smallest absolute Gasteiger partial charge is 0.224 e. The Morgan fingerprint density at radius 3 is 2.54 bits per heavy atom. The molecule has 1 aromatic heterocycles. The lowest BCUT2D eigenvalue weighted by atomic mass is 10.1. The number of hydrogen-bond donors (Lipinski definition) is 2. The number of aromatic nitrogens is 2. The highest BCUT2D eigenvalue weighted by molar-refractivity contribution is 5.95. The molecule has 0 saturated heterocycles. The van der Waals surface area contributed by atoms with E-state index in [9.17, 15) is 9.59 Å². The first-order valence-electron chi connectivity index (χ1n) is 8.48. The molecule has 0 fully saturated rings. The lowest BCUT2D eigenvalue weighted by molar-refractivity contribution is -0.116. The number of carbonyl (C=O) groups excluding carboxylic acids is 2. The number of rotatable bonds is 7. The molecular weight excluding hydrogens is 328 g/mol. The molecule has 3 aromatic rings. The van der Waals surface area contributed by atoms with Gasteiger partial charge in [-0.15, -0.1) is 0 Å². The van der Waals surface area contributed by atoms with Crippen molar-refractivity contribution in [3.63, 3.8) is 0 Å². The molecule has 6 heteroatoms. The van der Waals surface area contributed by atoms with Crippen molar-refractivity contribution in [1.82, 2.24) is 9.97 Å². The highest BCUT2D eigenvalue weighted by atomic mass is 16.1. The molecule has 2 N–H and O–H groups in total. The predicted octanol–water partition coefficient (Wildman–Crippen LogP) is 3.66. The van der Waals surface area contributed by atoms with E-state index in [1.54, 1.807) is 24.3 Å². The van der Waals surface area contributed by atoms with Crippen LogP contribution in [0.2, 0.25) is 0 Å². The monoisotopic (exact) mass is 348 g/mol. The number of benzene rings is 2.